The van der Waals surface area contributed by atoms with E-state index in [1.165, 1.54) is 38.5 Å². The lowest BCUT2D eigenvalue weighted by Crippen LogP contribution is -2.60. The van der Waals surface area contributed by atoms with E-state index in [-0.39, 0.29) is 19.4 Å². The van der Waals surface area contributed by atoms with Crippen LogP contribution in [0, 0.1) is 0 Å². The normalized spacial score (nSPS) is 20.9. The van der Waals surface area contributed by atoms with Gasteiger partial charge in [0.15, 0.2) is 12.4 Å². The van der Waals surface area contributed by atoms with Crippen molar-refractivity contribution >= 4 is 22.1 Å². The maximum atomic E-state index is 12.8. The molecule has 13 heteroatoms. The molecule has 1 aliphatic heterocycles. The summed E-state index contributed by atoms with van der Waals surface area (Å²) >= 11 is 0. The van der Waals surface area contributed by atoms with Gasteiger partial charge in [-0.1, -0.05) is 137 Å². The summed E-state index contributed by atoms with van der Waals surface area (Å²) in [4.78, 5) is 25.3. The molecule has 2 unspecified atom stereocenters. The number of carbonyl (C=O) groups excluding carboxylic acids is 2. The summed E-state index contributed by atoms with van der Waals surface area (Å²) < 4.78 is 53.9. The van der Waals surface area contributed by atoms with Crippen molar-refractivity contribution in [3.63, 3.8) is 0 Å². The van der Waals surface area contributed by atoms with Crippen LogP contribution < -0.4 is 0 Å². The van der Waals surface area contributed by atoms with Gasteiger partial charge in [0.2, 0.25) is 0 Å². The fraction of sp³-hybridized carbons (Fsp3) is 0.660. The zero-order valence-electron chi connectivity index (χ0n) is 36.3. The Morgan fingerprint density at radius 2 is 1.08 bits per heavy atom. The summed E-state index contributed by atoms with van der Waals surface area (Å²) in [5.74, 6) is -2.12. The quantitative estimate of drug-likeness (QED) is 0.0206. The molecule has 12 nitrogen and oxygen atoms in total. The first-order valence-electron chi connectivity index (χ1n) is 22.1. The molecule has 342 valence electrons. The van der Waals surface area contributed by atoms with Crippen LogP contribution in [0.25, 0.3) is 0 Å². The summed E-state index contributed by atoms with van der Waals surface area (Å²) in [5.41, 5.74) is 0. The number of aliphatic hydroxyl groups excluding tert-OH is 3. The molecular formula is C47H76O12S. The number of aliphatic hydroxyl groups is 3. The van der Waals surface area contributed by atoms with Crippen molar-refractivity contribution < 1.29 is 56.8 Å². The molecule has 0 aliphatic carbocycles. The molecule has 1 aliphatic rings. The van der Waals surface area contributed by atoms with Crippen LogP contribution in [0.5, 0.6) is 0 Å². The van der Waals surface area contributed by atoms with E-state index >= 15 is 0 Å². The Labute approximate surface area is 360 Å². The van der Waals surface area contributed by atoms with E-state index < -0.39 is 71.2 Å². The Morgan fingerprint density at radius 1 is 0.583 bits per heavy atom. The van der Waals surface area contributed by atoms with E-state index in [0.29, 0.717) is 12.8 Å². The number of hydrogen-bond donors (Lipinski definition) is 4. The van der Waals surface area contributed by atoms with Gasteiger partial charge in [-0.15, -0.1) is 0 Å². The van der Waals surface area contributed by atoms with E-state index in [0.717, 1.165) is 64.2 Å². The lowest BCUT2D eigenvalue weighted by molar-refractivity contribution is -0.297. The number of unbranched alkanes of at least 4 members (excludes halogenated alkanes) is 9. The molecule has 4 N–H and O–H groups in total. The fourth-order valence-electron chi connectivity index (χ4n) is 6.05. The van der Waals surface area contributed by atoms with E-state index in [9.17, 15) is 37.9 Å². The third-order valence-electron chi connectivity index (χ3n) is 9.47. The predicted molar refractivity (Wildman–Crippen MR) is 238 cm³/mol. The molecule has 0 aromatic carbocycles. The Bertz CT molecular complexity index is 1430. The van der Waals surface area contributed by atoms with Crippen LogP contribution in [0.3, 0.4) is 0 Å². The largest absolute Gasteiger partial charge is 0.462 e. The Morgan fingerprint density at radius 3 is 1.63 bits per heavy atom. The van der Waals surface area contributed by atoms with Crippen molar-refractivity contribution in [1.29, 1.82) is 0 Å². The van der Waals surface area contributed by atoms with Gasteiger partial charge in [-0.3, -0.25) is 14.1 Å². The van der Waals surface area contributed by atoms with Crippen LogP contribution in [0.2, 0.25) is 0 Å². The zero-order valence-corrected chi connectivity index (χ0v) is 37.1. The van der Waals surface area contributed by atoms with Crippen LogP contribution in [0.4, 0.5) is 0 Å². The topological polar surface area (TPSA) is 186 Å². The molecule has 60 heavy (non-hydrogen) atoms. The van der Waals surface area contributed by atoms with Crippen LogP contribution >= 0.6 is 0 Å². The molecule has 1 saturated heterocycles. The van der Waals surface area contributed by atoms with Crippen molar-refractivity contribution in [2.45, 2.75) is 179 Å². The molecule has 0 spiro atoms. The highest BCUT2D eigenvalue weighted by Gasteiger charge is 2.46. The standard InChI is InChI=1S/C47H76O12S/c1-3-5-7-9-11-13-15-17-18-19-20-21-22-24-25-27-29-31-33-35-42(48)56-37-40(38-57-47-46(52)45(51)44(50)41(59-47)39-60(53,54)55)58-43(49)36-34-32-30-28-26-23-16-14-12-10-8-6-4-2/h5,7,11,13,17-18,20-21,23-26,29,31,40-41,44-47,50-52H,3-4,6,8-10,12,14-16,19,22,27-28,30,32-39H2,1-2H3,(H,53,54,55)/b7-5+,13-11+,18-17+,21-20+,25-24+,26-23+,31-29+/t40-,41-,44-,45?,46?,47+/m1/s1. The third-order valence-corrected chi connectivity index (χ3v) is 10.2. The second-order valence-corrected chi connectivity index (χ2v) is 16.5. The van der Waals surface area contributed by atoms with Crippen molar-refractivity contribution in [3.8, 4) is 0 Å². The first-order chi connectivity index (χ1) is 29.0. The summed E-state index contributed by atoms with van der Waals surface area (Å²) in [6.07, 6.45) is 37.9. The highest BCUT2D eigenvalue weighted by molar-refractivity contribution is 7.85. The molecule has 0 amide bonds. The first kappa shape index (κ1) is 54.8. The molecule has 0 saturated carbocycles. The number of allylic oxidation sites excluding steroid dienone is 14. The van der Waals surface area contributed by atoms with Gasteiger partial charge in [0.25, 0.3) is 10.1 Å². The predicted octanol–water partition coefficient (Wildman–Crippen LogP) is 8.89. The van der Waals surface area contributed by atoms with E-state index in [4.69, 9.17) is 18.9 Å². The SMILES string of the molecule is CC/C=C/C/C=C/C/C=C/C/C=C/C/C=C/C/C=C/CCC(=O)OC[C@H](CO[C@H]1O[C@H](CS(=O)(=O)O)[C@@H](O)C(O)C1O)OC(=O)CCCCC/C=C/CCCCCCCC. The molecule has 0 aromatic rings. The molecular weight excluding hydrogens is 789 g/mol. The fourth-order valence-corrected chi connectivity index (χ4v) is 6.74. The van der Waals surface area contributed by atoms with E-state index in [1.807, 2.05) is 12.2 Å². The second-order valence-electron chi connectivity index (χ2n) is 15.0. The van der Waals surface area contributed by atoms with Crippen LogP contribution in [-0.2, 0) is 38.7 Å². The van der Waals surface area contributed by atoms with Gasteiger partial charge in [0.1, 0.15) is 36.8 Å². The number of rotatable bonds is 35. The molecule has 0 radical (unpaired) electrons. The van der Waals surface area contributed by atoms with Crippen LogP contribution in [-0.4, -0.2) is 96.0 Å². The molecule has 1 heterocycles. The van der Waals surface area contributed by atoms with Crippen molar-refractivity contribution in [2.75, 3.05) is 19.0 Å². The number of esters is 2. The van der Waals surface area contributed by atoms with Gasteiger partial charge >= 0.3 is 11.9 Å². The maximum Gasteiger partial charge on any atom is 0.306 e. The highest BCUT2D eigenvalue weighted by atomic mass is 32.2. The van der Waals surface area contributed by atoms with Crippen LogP contribution in [0.1, 0.15) is 142 Å². The first-order valence-corrected chi connectivity index (χ1v) is 23.8. The summed E-state index contributed by atoms with van der Waals surface area (Å²) in [6.45, 7) is 3.54. The lowest BCUT2D eigenvalue weighted by atomic mass is 10.00. The van der Waals surface area contributed by atoms with E-state index in [2.05, 4.69) is 86.8 Å². The highest BCUT2D eigenvalue weighted by Crippen LogP contribution is 2.24. The maximum absolute atomic E-state index is 12.8. The Kier molecular flexibility index (Phi) is 33.3. The van der Waals surface area contributed by atoms with Gasteiger partial charge in [-0.05, 0) is 77.0 Å². The summed E-state index contributed by atoms with van der Waals surface area (Å²) in [6, 6.07) is 0. The minimum Gasteiger partial charge on any atom is -0.462 e. The smallest absolute Gasteiger partial charge is 0.306 e. The Balaban J connectivity index is 2.52. The van der Waals surface area contributed by atoms with Crippen LogP contribution in [0.15, 0.2) is 85.1 Å². The third kappa shape index (κ3) is 30.8. The van der Waals surface area contributed by atoms with Gasteiger partial charge in [0, 0.05) is 12.8 Å². The summed E-state index contributed by atoms with van der Waals surface area (Å²) in [7, 11) is -4.62. The lowest BCUT2D eigenvalue weighted by Gasteiger charge is -2.40. The van der Waals surface area contributed by atoms with Gasteiger partial charge in [-0.2, -0.15) is 8.42 Å². The second kappa shape index (κ2) is 36.5. The van der Waals surface area contributed by atoms with Gasteiger partial charge < -0.3 is 34.3 Å². The average Bonchev–Trinajstić information content (AvgIpc) is 3.21. The summed E-state index contributed by atoms with van der Waals surface area (Å²) in [5, 5.41) is 30.8. The van der Waals surface area contributed by atoms with Gasteiger partial charge in [-0.25, -0.2) is 0 Å². The average molecular weight is 865 g/mol. The Hall–Kier alpha value is -3.17. The van der Waals surface area contributed by atoms with E-state index in [1.54, 1.807) is 0 Å². The molecule has 0 bridgehead atoms. The van der Waals surface area contributed by atoms with Crippen molar-refractivity contribution in [1.82, 2.24) is 0 Å². The molecule has 6 atom stereocenters. The van der Waals surface area contributed by atoms with Crippen molar-refractivity contribution in [3.05, 3.63) is 85.1 Å². The number of hydrogen-bond acceptors (Lipinski definition) is 11. The monoisotopic (exact) mass is 865 g/mol. The molecule has 1 fully saturated rings. The van der Waals surface area contributed by atoms with Gasteiger partial charge in [0.05, 0.1) is 6.61 Å². The minimum atomic E-state index is -4.62. The van der Waals surface area contributed by atoms with Crippen molar-refractivity contribution in [2.24, 2.45) is 0 Å². The zero-order chi connectivity index (χ0) is 44.1. The number of ether oxygens (including phenoxy) is 4. The minimum absolute atomic E-state index is 0.0862. The number of carbonyl (C=O) groups is 2. The molecule has 0 aromatic heterocycles. The molecule has 1 rings (SSSR count).